The van der Waals surface area contributed by atoms with Gasteiger partial charge in [-0.1, -0.05) is 0 Å². The normalized spacial score (nSPS) is 10.5. The molecule has 0 unspecified atom stereocenters. The summed E-state index contributed by atoms with van der Waals surface area (Å²) in [4.78, 5) is 27.3. The zero-order chi connectivity index (χ0) is 17.1. The van der Waals surface area contributed by atoms with Gasteiger partial charge in [0.25, 0.3) is 0 Å². The van der Waals surface area contributed by atoms with Gasteiger partial charge in [0.2, 0.25) is 5.91 Å². The van der Waals surface area contributed by atoms with Crippen LogP contribution in [0.15, 0.2) is 36.8 Å². The predicted octanol–water partition coefficient (Wildman–Crippen LogP) is 2.81. The molecule has 3 heterocycles. The van der Waals surface area contributed by atoms with Crippen molar-refractivity contribution < 1.29 is 9.53 Å². The minimum atomic E-state index is -0.155. The number of anilines is 1. The Bertz CT molecular complexity index is 888. The minimum absolute atomic E-state index is 0.155. The number of aromatic nitrogens is 4. The Balaban J connectivity index is 1.97. The molecule has 0 aliphatic rings. The number of ether oxygens (including phenoxy) is 1. The van der Waals surface area contributed by atoms with Crippen LogP contribution in [0.2, 0.25) is 0 Å². The van der Waals surface area contributed by atoms with Crippen molar-refractivity contribution in [3.8, 4) is 28.4 Å². The highest BCUT2D eigenvalue weighted by atomic mass is 16.5. The van der Waals surface area contributed by atoms with E-state index in [-0.39, 0.29) is 5.91 Å². The summed E-state index contributed by atoms with van der Waals surface area (Å²) in [6.07, 6.45) is 5.12. The molecule has 0 radical (unpaired) electrons. The number of hydrogen-bond acceptors (Lipinski definition) is 5. The standard InChI is InChI=1S/C17H17N5O2/c1-10-16(21-11(2)23)22-17(20-10)15-7-12(4-5-19-15)13-6-14(24-3)9-18-8-13/h4-9H,1-3H3,(H,20,22)(H,21,23). The Hall–Kier alpha value is -3.22. The molecule has 0 aliphatic carbocycles. The monoisotopic (exact) mass is 323 g/mol. The van der Waals surface area contributed by atoms with Gasteiger partial charge in [-0.25, -0.2) is 4.98 Å². The summed E-state index contributed by atoms with van der Waals surface area (Å²) in [6.45, 7) is 3.27. The molecule has 0 atom stereocenters. The lowest BCUT2D eigenvalue weighted by Gasteiger charge is -2.05. The summed E-state index contributed by atoms with van der Waals surface area (Å²) in [7, 11) is 1.61. The van der Waals surface area contributed by atoms with Gasteiger partial charge in [-0.15, -0.1) is 0 Å². The van der Waals surface area contributed by atoms with E-state index in [9.17, 15) is 4.79 Å². The number of amides is 1. The maximum atomic E-state index is 11.2. The fraction of sp³-hybridized carbons (Fsp3) is 0.176. The van der Waals surface area contributed by atoms with Gasteiger partial charge in [-0.3, -0.25) is 14.8 Å². The topological polar surface area (TPSA) is 92.8 Å². The lowest BCUT2D eigenvalue weighted by atomic mass is 10.1. The van der Waals surface area contributed by atoms with E-state index in [1.807, 2.05) is 25.1 Å². The van der Waals surface area contributed by atoms with Crippen LogP contribution in [0, 0.1) is 6.92 Å². The van der Waals surface area contributed by atoms with Crippen molar-refractivity contribution in [2.75, 3.05) is 12.4 Å². The largest absolute Gasteiger partial charge is 0.495 e. The van der Waals surface area contributed by atoms with Gasteiger partial charge in [0.1, 0.15) is 17.3 Å². The average molecular weight is 323 g/mol. The van der Waals surface area contributed by atoms with E-state index in [4.69, 9.17) is 4.74 Å². The first kappa shape index (κ1) is 15.7. The number of carbonyl (C=O) groups excluding carboxylic acids is 1. The Kier molecular flexibility index (Phi) is 4.24. The van der Waals surface area contributed by atoms with Gasteiger partial charge in [-0.2, -0.15) is 0 Å². The zero-order valence-corrected chi connectivity index (χ0v) is 13.6. The Morgan fingerprint density at radius 2 is 2.08 bits per heavy atom. The van der Waals surface area contributed by atoms with Gasteiger partial charge in [-0.05, 0) is 30.7 Å². The summed E-state index contributed by atoms with van der Waals surface area (Å²) >= 11 is 0. The van der Waals surface area contributed by atoms with Gasteiger partial charge in [0.15, 0.2) is 5.82 Å². The summed E-state index contributed by atoms with van der Waals surface area (Å²) in [6, 6.07) is 5.71. The Morgan fingerprint density at radius 1 is 1.25 bits per heavy atom. The molecule has 0 aliphatic heterocycles. The van der Waals surface area contributed by atoms with Crippen molar-refractivity contribution in [3.05, 3.63) is 42.5 Å². The van der Waals surface area contributed by atoms with Crippen LogP contribution in [0.4, 0.5) is 5.82 Å². The number of aromatic amines is 1. The molecule has 24 heavy (non-hydrogen) atoms. The first-order chi connectivity index (χ1) is 11.6. The number of pyridine rings is 2. The smallest absolute Gasteiger partial charge is 0.222 e. The highest BCUT2D eigenvalue weighted by Gasteiger charge is 2.11. The molecule has 0 spiro atoms. The minimum Gasteiger partial charge on any atom is -0.495 e. The van der Waals surface area contributed by atoms with Crippen molar-refractivity contribution >= 4 is 11.7 Å². The van der Waals surface area contributed by atoms with Crippen LogP contribution in [0.1, 0.15) is 12.6 Å². The van der Waals surface area contributed by atoms with Crippen LogP contribution < -0.4 is 10.1 Å². The van der Waals surface area contributed by atoms with Gasteiger partial charge in [0.05, 0.1) is 19.0 Å². The van der Waals surface area contributed by atoms with Crippen molar-refractivity contribution in [3.63, 3.8) is 0 Å². The van der Waals surface area contributed by atoms with Crippen molar-refractivity contribution in [1.82, 2.24) is 19.9 Å². The molecule has 1 amide bonds. The van der Waals surface area contributed by atoms with Gasteiger partial charge >= 0.3 is 0 Å². The maximum absolute atomic E-state index is 11.2. The number of imidazole rings is 1. The molecule has 7 nitrogen and oxygen atoms in total. The molecule has 0 aromatic carbocycles. The average Bonchev–Trinajstić information content (AvgIpc) is 2.95. The molecular weight excluding hydrogens is 306 g/mol. The maximum Gasteiger partial charge on any atom is 0.222 e. The van der Waals surface area contributed by atoms with E-state index in [2.05, 4.69) is 25.3 Å². The Morgan fingerprint density at radius 3 is 2.83 bits per heavy atom. The van der Waals surface area contributed by atoms with Crippen LogP contribution in [0.5, 0.6) is 5.75 Å². The molecule has 0 bridgehead atoms. The van der Waals surface area contributed by atoms with Crippen LogP contribution in [0.25, 0.3) is 22.6 Å². The second-order valence-electron chi connectivity index (χ2n) is 5.27. The first-order valence-electron chi connectivity index (χ1n) is 7.37. The Labute approximate surface area is 139 Å². The molecule has 3 rings (SSSR count). The number of rotatable bonds is 4. The van der Waals surface area contributed by atoms with E-state index in [1.54, 1.807) is 25.7 Å². The molecule has 2 N–H and O–H groups in total. The fourth-order valence-corrected chi connectivity index (χ4v) is 2.31. The van der Waals surface area contributed by atoms with Crippen LogP contribution in [-0.4, -0.2) is 33.0 Å². The third kappa shape index (κ3) is 3.24. The summed E-state index contributed by atoms with van der Waals surface area (Å²) < 4.78 is 5.21. The first-order valence-corrected chi connectivity index (χ1v) is 7.37. The van der Waals surface area contributed by atoms with Crippen LogP contribution >= 0.6 is 0 Å². The molecule has 3 aromatic heterocycles. The highest BCUT2D eigenvalue weighted by molar-refractivity contribution is 5.88. The summed E-state index contributed by atoms with van der Waals surface area (Å²) in [5.74, 6) is 1.70. The molecule has 0 fully saturated rings. The number of nitrogens with one attached hydrogen (secondary N) is 2. The molecular formula is C17H17N5O2. The zero-order valence-electron chi connectivity index (χ0n) is 13.6. The predicted molar refractivity (Wildman–Crippen MR) is 90.6 cm³/mol. The van der Waals surface area contributed by atoms with Crippen molar-refractivity contribution in [2.45, 2.75) is 13.8 Å². The van der Waals surface area contributed by atoms with E-state index < -0.39 is 0 Å². The number of hydrogen-bond donors (Lipinski definition) is 2. The third-order valence-corrected chi connectivity index (χ3v) is 3.47. The summed E-state index contributed by atoms with van der Waals surface area (Å²) in [5, 5.41) is 2.71. The van der Waals surface area contributed by atoms with Gasteiger partial charge in [0, 0.05) is 24.9 Å². The number of aryl methyl sites for hydroxylation is 1. The van der Waals surface area contributed by atoms with Crippen LogP contribution in [-0.2, 0) is 4.79 Å². The fourth-order valence-electron chi connectivity index (χ4n) is 2.31. The highest BCUT2D eigenvalue weighted by Crippen LogP contribution is 2.26. The quantitative estimate of drug-likeness (QED) is 0.770. The van der Waals surface area contributed by atoms with Crippen molar-refractivity contribution in [1.29, 1.82) is 0 Å². The number of H-pyrrole nitrogens is 1. The van der Waals surface area contributed by atoms with E-state index in [0.717, 1.165) is 11.1 Å². The third-order valence-electron chi connectivity index (χ3n) is 3.47. The SMILES string of the molecule is COc1cncc(-c2ccnc(-c3nc(C)c(NC(C)=O)[nH]3)c2)c1. The number of carbonyl (C=O) groups is 1. The van der Waals surface area contributed by atoms with E-state index >= 15 is 0 Å². The van der Waals surface area contributed by atoms with E-state index in [1.165, 1.54) is 6.92 Å². The molecule has 3 aromatic rings. The van der Waals surface area contributed by atoms with E-state index in [0.29, 0.717) is 28.8 Å². The molecule has 122 valence electrons. The summed E-state index contributed by atoms with van der Waals surface area (Å²) in [5.41, 5.74) is 3.25. The van der Waals surface area contributed by atoms with Gasteiger partial charge < -0.3 is 15.0 Å². The lowest BCUT2D eigenvalue weighted by Crippen LogP contribution is -2.07. The molecule has 0 saturated heterocycles. The van der Waals surface area contributed by atoms with Crippen molar-refractivity contribution in [2.24, 2.45) is 0 Å². The lowest BCUT2D eigenvalue weighted by molar-refractivity contribution is -0.114. The molecule has 0 saturated carbocycles. The second kappa shape index (κ2) is 6.49. The van der Waals surface area contributed by atoms with Crippen LogP contribution in [0.3, 0.4) is 0 Å². The second-order valence-corrected chi connectivity index (χ2v) is 5.27. The molecule has 7 heteroatoms. The number of methoxy groups -OCH3 is 1. The number of nitrogens with zero attached hydrogens (tertiary/aromatic N) is 3.